The highest BCUT2D eigenvalue weighted by Crippen LogP contribution is 2.44. The van der Waals surface area contributed by atoms with Gasteiger partial charge in [0.2, 0.25) is 5.91 Å². The summed E-state index contributed by atoms with van der Waals surface area (Å²) in [5.41, 5.74) is -0.835. The van der Waals surface area contributed by atoms with E-state index in [0.717, 1.165) is 0 Å². The second kappa shape index (κ2) is 6.91. The first kappa shape index (κ1) is 18.8. The molecule has 0 heterocycles. The molecule has 1 amide bonds. The van der Waals surface area contributed by atoms with Gasteiger partial charge in [-0.15, -0.1) is 0 Å². The Morgan fingerprint density at radius 3 is 2.52 bits per heavy atom. The standard InChI is InChI=1S/C17H23NO5/c1-11(7-14(20)18-10-15(21)22)5-6-17(23)12(2)8-13(19)9-16(17,3)4/h5-8,23H,9-10H2,1-4H3,(H,18,20)(H,21,22)/b6-5+,11-7-/t17-/m1/s1. The highest BCUT2D eigenvalue weighted by Gasteiger charge is 2.46. The van der Waals surface area contributed by atoms with Crippen LogP contribution in [-0.4, -0.2) is 40.0 Å². The summed E-state index contributed by atoms with van der Waals surface area (Å²) in [6.45, 7) is 6.53. The average molecular weight is 321 g/mol. The number of aliphatic hydroxyl groups is 1. The van der Waals surface area contributed by atoms with Crippen LogP contribution in [0.2, 0.25) is 0 Å². The fourth-order valence-electron chi connectivity index (χ4n) is 2.58. The second-order valence-corrected chi connectivity index (χ2v) is 6.45. The molecule has 0 aliphatic heterocycles. The number of nitrogens with one attached hydrogen (secondary N) is 1. The van der Waals surface area contributed by atoms with E-state index in [-0.39, 0.29) is 12.2 Å². The molecule has 1 atom stereocenters. The van der Waals surface area contributed by atoms with Gasteiger partial charge in [-0.1, -0.05) is 19.9 Å². The van der Waals surface area contributed by atoms with Gasteiger partial charge in [-0.2, -0.15) is 0 Å². The van der Waals surface area contributed by atoms with Crippen LogP contribution in [0.25, 0.3) is 0 Å². The van der Waals surface area contributed by atoms with Gasteiger partial charge in [0.15, 0.2) is 5.78 Å². The molecule has 6 nitrogen and oxygen atoms in total. The summed E-state index contributed by atoms with van der Waals surface area (Å²) in [6.07, 6.45) is 6.08. The van der Waals surface area contributed by atoms with Crippen molar-refractivity contribution in [2.45, 2.75) is 39.7 Å². The molecule has 0 aromatic carbocycles. The molecule has 1 rings (SSSR count). The largest absolute Gasteiger partial charge is 0.480 e. The molecular weight excluding hydrogens is 298 g/mol. The van der Waals surface area contributed by atoms with Gasteiger partial charge in [-0.25, -0.2) is 0 Å². The number of carbonyl (C=O) groups is 3. The van der Waals surface area contributed by atoms with Crippen LogP contribution in [0.1, 0.15) is 34.1 Å². The molecule has 1 aliphatic carbocycles. The Balaban J connectivity index is 2.93. The van der Waals surface area contributed by atoms with Crippen molar-refractivity contribution in [1.29, 1.82) is 0 Å². The topological polar surface area (TPSA) is 104 Å². The number of hydrogen-bond donors (Lipinski definition) is 3. The lowest BCUT2D eigenvalue weighted by Gasteiger charge is -2.44. The first-order valence-corrected chi connectivity index (χ1v) is 7.29. The maximum absolute atomic E-state index is 11.7. The van der Waals surface area contributed by atoms with Gasteiger partial charge >= 0.3 is 5.97 Å². The lowest BCUT2D eigenvalue weighted by Crippen LogP contribution is -2.48. The average Bonchev–Trinajstić information content (AvgIpc) is 2.40. The van der Waals surface area contributed by atoms with Crippen LogP contribution in [0.4, 0.5) is 0 Å². The molecule has 0 saturated heterocycles. The van der Waals surface area contributed by atoms with Gasteiger partial charge < -0.3 is 15.5 Å². The minimum Gasteiger partial charge on any atom is -0.480 e. The quantitative estimate of drug-likeness (QED) is 0.524. The predicted octanol–water partition coefficient (Wildman–Crippen LogP) is 1.37. The van der Waals surface area contributed by atoms with E-state index < -0.39 is 29.4 Å². The number of carbonyl (C=O) groups excluding carboxylic acids is 2. The van der Waals surface area contributed by atoms with E-state index in [1.807, 2.05) is 13.8 Å². The van der Waals surface area contributed by atoms with Crippen molar-refractivity contribution in [3.63, 3.8) is 0 Å². The third-order valence-electron chi connectivity index (χ3n) is 3.99. The van der Waals surface area contributed by atoms with Gasteiger partial charge in [0.1, 0.15) is 12.1 Å². The number of ketones is 1. The van der Waals surface area contributed by atoms with Crippen LogP contribution in [0.5, 0.6) is 0 Å². The molecule has 126 valence electrons. The zero-order valence-electron chi connectivity index (χ0n) is 13.8. The van der Waals surface area contributed by atoms with Gasteiger partial charge in [-0.05, 0) is 37.1 Å². The van der Waals surface area contributed by atoms with E-state index in [1.54, 1.807) is 26.0 Å². The van der Waals surface area contributed by atoms with Crippen molar-refractivity contribution in [3.8, 4) is 0 Å². The Bertz CT molecular complexity index is 612. The Hall–Kier alpha value is -2.21. The van der Waals surface area contributed by atoms with Gasteiger partial charge in [-0.3, -0.25) is 14.4 Å². The molecule has 0 radical (unpaired) electrons. The van der Waals surface area contributed by atoms with E-state index >= 15 is 0 Å². The predicted molar refractivity (Wildman–Crippen MR) is 85.7 cm³/mol. The van der Waals surface area contributed by atoms with Crippen molar-refractivity contribution in [3.05, 3.63) is 35.5 Å². The van der Waals surface area contributed by atoms with Crippen LogP contribution in [-0.2, 0) is 14.4 Å². The zero-order chi connectivity index (χ0) is 17.8. The summed E-state index contributed by atoms with van der Waals surface area (Å²) in [6, 6.07) is 0. The van der Waals surface area contributed by atoms with Crippen LogP contribution < -0.4 is 5.32 Å². The number of hydrogen-bond acceptors (Lipinski definition) is 4. The summed E-state index contributed by atoms with van der Waals surface area (Å²) in [7, 11) is 0. The Kier molecular flexibility index (Phi) is 5.66. The van der Waals surface area contributed by atoms with Crippen molar-refractivity contribution >= 4 is 17.7 Å². The molecule has 6 heteroatoms. The van der Waals surface area contributed by atoms with E-state index in [2.05, 4.69) is 5.32 Å². The maximum Gasteiger partial charge on any atom is 0.322 e. The molecule has 0 saturated carbocycles. The third-order valence-corrected chi connectivity index (χ3v) is 3.99. The fourth-order valence-corrected chi connectivity index (χ4v) is 2.58. The van der Waals surface area contributed by atoms with Crippen molar-refractivity contribution in [1.82, 2.24) is 5.32 Å². The van der Waals surface area contributed by atoms with Crippen LogP contribution in [0, 0.1) is 5.41 Å². The molecule has 3 N–H and O–H groups in total. The monoisotopic (exact) mass is 321 g/mol. The summed E-state index contributed by atoms with van der Waals surface area (Å²) < 4.78 is 0. The lowest BCUT2D eigenvalue weighted by molar-refractivity contribution is -0.137. The summed E-state index contributed by atoms with van der Waals surface area (Å²) in [5, 5.41) is 21.7. The van der Waals surface area contributed by atoms with Crippen LogP contribution >= 0.6 is 0 Å². The Morgan fingerprint density at radius 1 is 1.39 bits per heavy atom. The maximum atomic E-state index is 11.7. The van der Waals surface area contributed by atoms with Crippen molar-refractivity contribution < 1.29 is 24.6 Å². The molecule has 0 fully saturated rings. The number of rotatable bonds is 5. The van der Waals surface area contributed by atoms with Gasteiger partial charge in [0.25, 0.3) is 0 Å². The molecule has 1 aliphatic rings. The third kappa shape index (κ3) is 4.63. The highest BCUT2D eigenvalue weighted by atomic mass is 16.4. The second-order valence-electron chi connectivity index (χ2n) is 6.45. The number of carboxylic acids is 1. The molecule has 0 spiro atoms. The number of allylic oxidation sites excluding steroid dienone is 3. The molecule has 23 heavy (non-hydrogen) atoms. The highest BCUT2D eigenvalue weighted by molar-refractivity contribution is 5.93. The van der Waals surface area contributed by atoms with E-state index in [9.17, 15) is 19.5 Å². The number of carboxylic acid groups (broad SMARTS) is 1. The molecule has 0 aromatic heterocycles. The molecular formula is C17H23NO5. The summed E-state index contributed by atoms with van der Waals surface area (Å²) in [4.78, 5) is 33.6. The number of amides is 1. The van der Waals surface area contributed by atoms with Crippen molar-refractivity contribution in [2.24, 2.45) is 5.41 Å². The fraction of sp³-hybridized carbons (Fsp3) is 0.471. The van der Waals surface area contributed by atoms with Crippen molar-refractivity contribution in [2.75, 3.05) is 6.54 Å². The minimum atomic E-state index is -1.28. The van der Waals surface area contributed by atoms with E-state index in [1.165, 1.54) is 12.2 Å². The summed E-state index contributed by atoms with van der Waals surface area (Å²) >= 11 is 0. The Morgan fingerprint density at radius 2 is 2.00 bits per heavy atom. The van der Waals surface area contributed by atoms with Crippen LogP contribution in [0.15, 0.2) is 35.5 Å². The molecule has 0 bridgehead atoms. The zero-order valence-corrected chi connectivity index (χ0v) is 13.8. The minimum absolute atomic E-state index is 0.0223. The Labute approximate surface area is 135 Å². The molecule has 0 unspecified atom stereocenters. The van der Waals surface area contributed by atoms with E-state index in [0.29, 0.717) is 11.1 Å². The lowest BCUT2D eigenvalue weighted by atomic mass is 9.64. The SMILES string of the molecule is CC1=CC(=O)CC(C)(C)[C@@]1(O)/C=C/C(C)=C\C(=O)NCC(=O)O. The van der Waals surface area contributed by atoms with E-state index in [4.69, 9.17) is 5.11 Å². The van der Waals surface area contributed by atoms with Gasteiger partial charge in [0, 0.05) is 17.9 Å². The van der Waals surface area contributed by atoms with Crippen LogP contribution in [0.3, 0.4) is 0 Å². The number of aliphatic carboxylic acids is 1. The molecule has 0 aromatic rings. The van der Waals surface area contributed by atoms with Gasteiger partial charge in [0.05, 0.1) is 0 Å². The first-order chi connectivity index (χ1) is 10.5. The smallest absolute Gasteiger partial charge is 0.322 e. The first-order valence-electron chi connectivity index (χ1n) is 7.29. The normalized spacial score (nSPS) is 24.5. The summed E-state index contributed by atoms with van der Waals surface area (Å²) in [5.74, 6) is -1.67.